The van der Waals surface area contributed by atoms with E-state index in [0.717, 1.165) is 41.7 Å². The van der Waals surface area contributed by atoms with Gasteiger partial charge in [0.05, 0.1) is 0 Å². The molecule has 1 heteroatoms. The molecule has 20 heavy (non-hydrogen) atoms. The Bertz CT molecular complexity index is 275. The predicted molar refractivity (Wildman–Crippen MR) is 88.9 cm³/mol. The molecule has 2 aliphatic rings. The Morgan fingerprint density at radius 2 is 1.45 bits per heavy atom. The molecule has 0 spiro atoms. The molecule has 0 aromatic heterocycles. The van der Waals surface area contributed by atoms with Crippen molar-refractivity contribution in [1.29, 1.82) is 0 Å². The Hall–Kier alpha value is -0.0400. The van der Waals surface area contributed by atoms with Gasteiger partial charge in [-0.05, 0) is 68.1 Å². The second kappa shape index (κ2) is 7.29. The van der Waals surface area contributed by atoms with Crippen LogP contribution in [0.25, 0.3) is 0 Å². The van der Waals surface area contributed by atoms with Gasteiger partial charge in [0.25, 0.3) is 0 Å². The molecule has 2 rings (SSSR count). The van der Waals surface area contributed by atoms with Crippen molar-refractivity contribution in [3.8, 4) is 0 Å². The molecule has 2 aliphatic carbocycles. The molecule has 118 valence electrons. The first-order valence-electron chi connectivity index (χ1n) is 9.23. The summed E-state index contributed by atoms with van der Waals surface area (Å²) in [5.41, 5.74) is 0. The molecule has 0 heterocycles. The van der Waals surface area contributed by atoms with Crippen LogP contribution >= 0.6 is 0 Å². The van der Waals surface area contributed by atoms with Gasteiger partial charge in [-0.3, -0.25) is 0 Å². The van der Waals surface area contributed by atoms with E-state index in [2.05, 4.69) is 39.9 Å². The summed E-state index contributed by atoms with van der Waals surface area (Å²) in [6, 6.07) is 1.60. The highest BCUT2D eigenvalue weighted by Crippen LogP contribution is 2.35. The second-order valence-corrected chi connectivity index (χ2v) is 8.45. The van der Waals surface area contributed by atoms with Crippen LogP contribution in [0.2, 0.25) is 0 Å². The van der Waals surface area contributed by atoms with Gasteiger partial charge >= 0.3 is 0 Å². The fourth-order valence-electron chi connectivity index (χ4n) is 4.65. The van der Waals surface area contributed by atoms with Gasteiger partial charge in [0, 0.05) is 12.1 Å². The third kappa shape index (κ3) is 4.23. The van der Waals surface area contributed by atoms with Crippen molar-refractivity contribution in [1.82, 2.24) is 5.32 Å². The summed E-state index contributed by atoms with van der Waals surface area (Å²) < 4.78 is 0. The number of hydrogen-bond acceptors (Lipinski definition) is 1. The maximum Gasteiger partial charge on any atom is 0.0103 e. The van der Waals surface area contributed by atoms with E-state index in [1.807, 2.05) is 0 Å². The van der Waals surface area contributed by atoms with Crippen LogP contribution in [0.4, 0.5) is 0 Å². The lowest BCUT2D eigenvalue weighted by Crippen LogP contribution is -2.48. The summed E-state index contributed by atoms with van der Waals surface area (Å²) in [6.45, 7) is 12.1. The topological polar surface area (TPSA) is 12.0 Å². The van der Waals surface area contributed by atoms with Crippen LogP contribution in [-0.4, -0.2) is 12.1 Å². The Labute approximate surface area is 127 Å². The van der Waals surface area contributed by atoms with Gasteiger partial charge in [0.2, 0.25) is 0 Å². The highest BCUT2D eigenvalue weighted by atomic mass is 15.0. The lowest BCUT2D eigenvalue weighted by Gasteiger charge is -2.41. The van der Waals surface area contributed by atoms with Crippen molar-refractivity contribution in [3.05, 3.63) is 0 Å². The molecule has 0 amide bonds. The fourth-order valence-corrected chi connectivity index (χ4v) is 4.65. The van der Waals surface area contributed by atoms with Gasteiger partial charge in [-0.15, -0.1) is 0 Å². The van der Waals surface area contributed by atoms with Crippen LogP contribution in [0, 0.1) is 29.6 Å². The zero-order valence-corrected chi connectivity index (χ0v) is 14.5. The van der Waals surface area contributed by atoms with Crippen LogP contribution < -0.4 is 5.32 Å². The SMILES string of the molecule is CC1CCC(C(C)C)C(NC2CCC(C(C)C)CC2)C1. The molecular formula is C19H37N. The number of nitrogens with one attached hydrogen (secondary N) is 1. The van der Waals surface area contributed by atoms with Crippen LogP contribution in [0.1, 0.15) is 79.6 Å². The minimum Gasteiger partial charge on any atom is -0.311 e. The van der Waals surface area contributed by atoms with Crippen molar-refractivity contribution in [3.63, 3.8) is 0 Å². The van der Waals surface area contributed by atoms with Gasteiger partial charge in [-0.1, -0.05) is 41.0 Å². The maximum atomic E-state index is 4.08. The average Bonchev–Trinajstić information content (AvgIpc) is 2.39. The first-order chi connectivity index (χ1) is 9.47. The van der Waals surface area contributed by atoms with Crippen molar-refractivity contribution in [2.24, 2.45) is 29.6 Å². The largest absolute Gasteiger partial charge is 0.311 e. The third-order valence-corrected chi connectivity index (χ3v) is 6.19. The Morgan fingerprint density at radius 1 is 0.800 bits per heavy atom. The zero-order valence-electron chi connectivity index (χ0n) is 14.5. The lowest BCUT2D eigenvalue weighted by atomic mass is 9.73. The van der Waals surface area contributed by atoms with Crippen LogP contribution in [0.5, 0.6) is 0 Å². The van der Waals surface area contributed by atoms with Gasteiger partial charge in [-0.2, -0.15) is 0 Å². The van der Waals surface area contributed by atoms with Crippen molar-refractivity contribution in [2.75, 3.05) is 0 Å². The van der Waals surface area contributed by atoms with E-state index in [-0.39, 0.29) is 0 Å². The van der Waals surface area contributed by atoms with E-state index in [1.165, 1.54) is 44.9 Å². The van der Waals surface area contributed by atoms with E-state index in [1.54, 1.807) is 0 Å². The molecule has 2 saturated carbocycles. The molecule has 0 radical (unpaired) electrons. The smallest absolute Gasteiger partial charge is 0.0103 e. The van der Waals surface area contributed by atoms with Gasteiger partial charge < -0.3 is 5.32 Å². The molecule has 0 aromatic carbocycles. The van der Waals surface area contributed by atoms with E-state index >= 15 is 0 Å². The zero-order chi connectivity index (χ0) is 14.7. The highest BCUT2D eigenvalue weighted by molar-refractivity contribution is 4.89. The summed E-state index contributed by atoms with van der Waals surface area (Å²) >= 11 is 0. The summed E-state index contributed by atoms with van der Waals surface area (Å²) in [6.07, 6.45) is 10.0. The van der Waals surface area contributed by atoms with Crippen LogP contribution in [-0.2, 0) is 0 Å². The molecule has 0 aliphatic heterocycles. The van der Waals surface area contributed by atoms with E-state index in [4.69, 9.17) is 0 Å². The van der Waals surface area contributed by atoms with Crippen LogP contribution in [0.3, 0.4) is 0 Å². The van der Waals surface area contributed by atoms with Crippen molar-refractivity contribution in [2.45, 2.75) is 91.6 Å². The summed E-state index contributed by atoms with van der Waals surface area (Å²) in [5, 5.41) is 4.08. The Kier molecular flexibility index (Phi) is 5.95. The minimum atomic E-state index is 0.791. The first-order valence-corrected chi connectivity index (χ1v) is 9.23. The normalized spacial score (nSPS) is 39.5. The molecule has 3 atom stereocenters. The minimum absolute atomic E-state index is 0.791. The molecular weight excluding hydrogens is 242 g/mol. The Balaban J connectivity index is 1.85. The summed E-state index contributed by atoms with van der Waals surface area (Å²) in [7, 11) is 0. The van der Waals surface area contributed by atoms with E-state index in [9.17, 15) is 0 Å². The predicted octanol–water partition coefficient (Wildman–Crippen LogP) is 5.25. The van der Waals surface area contributed by atoms with Gasteiger partial charge in [0.15, 0.2) is 0 Å². The first kappa shape index (κ1) is 16.3. The molecule has 2 fully saturated rings. The molecule has 0 bridgehead atoms. The quantitative estimate of drug-likeness (QED) is 0.741. The highest BCUT2D eigenvalue weighted by Gasteiger charge is 2.33. The van der Waals surface area contributed by atoms with Gasteiger partial charge in [0.1, 0.15) is 0 Å². The number of hydrogen-bond donors (Lipinski definition) is 1. The molecule has 1 N–H and O–H groups in total. The summed E-state index contributed by atoms with van der Waals surface area (Å²) in [4.78, 5) is 0. The monoisotopic (exact) mass is 279 g/mol. The standard InChI is InChI=1S/C19H37N/c1-13(2)16-7-9-17(10-8-16)20-19-12-15(5)6-11-18(19)14(3)4/h13-20H,6-12H2,1-5H3. The molecule has 0 saturated heterocycles. The van der Waals surface area contributed by atoms with E-state index in [0.29, 0.717) is 0 Å². The Morgan fingerprint density at radius 3 is 2.00 bits per heavy atom. The molecule has 3 unspecified atom stereocenters. The second-order valence-electron chi connectivity index (χ2n) is 8.45. The van der Waals surface area contributed by atoms with Crippen molar-refractivity contribution < 1.29 is 0 Å². The fraction of sp³-hybridized carbons (Fsp3) is 1.00. The average molecular weight is 280 g/mol. The molecule has 1 nitrogen and oxygen atoms in total. The third-order valence-electron chi connectivity index (χ3n) is 6.19. The molecule has 0 aromatic rings. The lowest BCUT2D eigenvalue weighted by molar-refractivity contribution is 0.140. The summed E-state index contributed by atoms with van der Waals surface area (Å²) in [5.74, 6) is 4.55. The number of rotatable bonds is 4. The van der Waals surface area contributed by atoms with Crippen LogP contribution in [0.15, 0.2) is 0 Å². The van der Waals surface area contributed by atoms with Crippen molar-refractivity contribution >= 4 is 0 Å². The maximum absolute atomic E-state index is 4.08. The van der Waals surface area contributed by atoms with Gasteiger partial charge in [-0.25, -0.2) is 0 Å². The van der Waals surface area contributed by atoms with E-state index < -0.39 is 0 Å².